The van der Waals surface area contributed by atoms with Gasteiger partial charge in [0.2, 0.25) is 0 Å². The number of nitrogens with two attached hydrogens (primary N) is 1. The van der Waals surface area contributed by atoms with Crippen molar-refractivity contribution in [2.24, 2.45) is 23.5 Å². The molecule has 0 spiro atoms. The third kappa shape index (κ3) is 3.48. The zero-order valence-corrected chi connectivity index (χ0v) is 16.1. The highest BCUT2D eigenvalue weighted by Gasteiger charge is 2.54. The molecule has 2 aromatic heterocycles. The van der Waals surface area contributed by atoms with E-state index in [2.05, 4.69) is 15.3 Å². The van der Waals surface area contributed by atoms with Crippen LogP contribution >= 0.6 is 0 Å². The SMILES string of the molecule is NC(=O)c1cnc(Cc2ccc(F)cn2)cc1NC1[C@@H]2CC3C[C@H]1CC(O)(C3)C2. The summed E-state index contributed by atoms with van der Waals surface area (Å²) in [5, 5.41) is 14.4. The van der Waals surface area contributed by atoms with Crippen LogP contribution in [0.5, 0.6) is 0 Å². The lowest BCUT2D eigenvalue weighted by Gasteiger charge is -2.58. The van der Waals surface area contributed by atoms with Crippen LogP contribution in [-0.2, 0) is 6.42 Å². The van der Waals surface area contributed by atoms with Crippen LogP contribution in [0.2, 0.25) is 0 Å². The first-order valence-electron chi connectivity index (χ1n) is 10.3. The number of amides is 1. The maximum atomic E-state index is 13.1. The third-order valence-corrected chi connectivity index (χ3v) is 6.94. The number of nitrogens with one attached hydrogen (secondary N) is 1. The van der Waals surface area contributed by atoms with Gasteiger partial charge < -0.3 is 16.2 Å². The molecule has 0 radical (unpaired) electrons. The van der Waals surface area contributed by atoms with Crippen molar-refractivity contribution in [2.75, 3.05) is 5.32 Å². The molecule has 4 bridgehead atoms. The van der Waals surface area contributed by atoms with E-state index in [0.29, 0.717) is 41.1 Å². The van der Waals surface area contributed by atoms with Crippen molar-refractivity contribution in [1.82, 2.24) is 9.97 Å². The van der Waals surface area contributed by atoms with Gasteiger partial charge in [-0.25, -0.2) is 4.39 Å². The van der Waals surface area contributed by atoms with E-state index in [-0.39, 0.29) is 11.9 Å². The summed E-state index contributed by atoms with van der Waals surface area (Å²) >= 11 is 0. The lowest BCUT2D eigenvalue weighted by Crippen LogP contribution is -2.59. The highest BCUT2D eigenvalue weighted by molar-refractivity contribution is 5.98. The minimum atomic E-state index is -0.520. The summed E-state index contributed by atoms with van der Waals surface area (Å²) < 4.78 is 13.1. The summed E-state index contributed by atoms with van der Waals surface area (Å²) in [6, 6.07) is 5.08. The molecule has 6 nitrogen and oxygen atoms in total. The Morgan fingerprint density at radius 3 is 2.52 bits per heavy atom. The highest BCUT2D eigenvalue weighted by Crippen LogP contribution is 2.56. The third-order valence-electron chi connectivity index (χ3n) is 6.94. The Hall–Kier alpha value is -2.54. The molecule has 152 valence electrons. The number of carbonyl (C=O) groups is 1. The normalized spacial score (nSPS) is 32.3. The molecular formula is C22H25FN4O2. The summed E-state index contributed by atoms with van der Waals surface area (Å²) in [5.74, 6) is 0.527. The number of aliphatic hydroxyl groups is 1. The Labute approximate surface area is 168 Å². The van der Waals surface area contributed by atoms with Crippen molar-refractivity contribution >= 4 is 11.6 Å². The molecule has 29 heavy (non-hydrogen) atoms. The Kier molecular flexibility index (Phi) is 4.31. The van der Waals surface area contributed by atoms with Gasteiger partial charge in [0.15, 0.2) is 0 Å². The molecule has 4 fully saturated rings. The summed E-state index contributed by atoms with van der Waals surface area (Å²) in [5.41, 5.74) is 7.59. The molecule has 6 rings (SSSR count). The summed E-state index contributed by atoms with van der Waals surface area (Å²) in [6.45, 7) is 0. The molecule has 1 amide bonds. The zero-order valence-electron chi connectivity index (χ0n) is 16.1. The van der Waals surface area contributed by atoms with Crippen LogP contribution in [0.25, 0.3) is 0 Å². The molecule has 0 aromatic carbocycles. The molecule has 4 aliphatic carbocycles. The average molecular weight is 396 g/mol. The van der Waals surface area contributed by atoms with Crippen molar-refractivity contribution in [3.63, 3.8) is 0 Å². The molecule has 4 N–H and O–H groups in total. The minimum absolute atomic E-state index is 0.226. The van der Waals surface area contributed by atoms with E-state index in [1.165, 1.54) is 18.5 Å². The fourth-order valence-corrected chi connectivity index (χ4v) is 6.00. The van der Waals surface area contributed by atoms with Crippen LogP contribution in [0.1, 0.15) is 53.8 Å². The van der Waals surface area contributed by atoms with Crippen LogP contribution < -0.4 is 11.1 Å². The number of anilines is 1. The van der Waals surface area contributed by atoms with Gasteiger partial charge in [0.1, 0.15) is 5.82 Å². The van der Waals surface area contributed by atoms with E-state index in [4.69, 9.17) is 5.73 Å². The number of aromatic nitrogens is 2. The number of halogens is 1. The van der Waals surface area contributed by atoms with Gasteiger partial charge in [-0.2, -0.15) is 0 Å². The van der Waals surface area contributed by atoms with Crippen LogP contribution in [0.4, 0.5) is 10.1 Å². The average Bonchev–Trinajstić information content (AvgIpc) is 2.65. The number of pyridine rings is 2. The predicted octanol–water partition coefficient (Wildman–Crippen LogP) is 2.66. The first-order chi connectivity index (χ1) is 13.9. The molecular weight excluding hydrogens is 371 g/mol. The molecule has 4 aliphatic rings. The Morgan fingerprint density at radius 1 is 1.17 bits per heavy atom. The standard InChI is InChI=1S/C22H25FN4O2/c23-15-1-2-16(25-10-15)5-17-6-19(18(11-26-17)21(24)28)27-20-13-3-12-4-14(20)9-22(29,7-12)8-13/h1-2,6,10-14,20,29H,3-5,7-9H2,(H2,24,28)(H,26,27)/t12?,13-,14+,20?,22?. The van der Waals surface area contributed by atoms with E-state index >= 15 is 0 Å². The number of carbonyl (C=O) groups excluding carboxylic acids is 1. The van der Waals surface area contributed by atoms with Gasteiger partial charge in [0.25, 0.3) is 5.91 Å². The fraction of sp³-hybridized carbons (Fsp3) is 0.500. The van der Waals surface area contributed by atoms with Crippen molar-refractivity contribution < 1.29 is 14.3 Å². The van der Waals surface area contributed by atoms with Crippen LogP contribution in [0.15, 0.2) is 30.6 Å². The monoisotopic (exact) mass is 396 g/mol. The largest absolute Gasteiger partial charge is 0.390 e. The number of hydrogen-bond donors (Lipinski definition) is 3. The van der Waals surface area contributed by atoms with Gasteiger partial charge in [-0.1, -0.05) is 0 Å². The van der Waals surface area contributed by atoms with Gasteiger partial charge in [-0.15, -0.1) is 0 Å². The van der Waals surface area contributed by atoms with Gasteiger partial charge in [0, 0.05) is 30.0 Å². The second kappa shape index (κ2) is 6.76. The second-order valence-corrected chi connectivity index (χ2v) is 9.09. The summed E-state index contributed by atoms with van der Waals surface area (Å²) in [7, 11) is 0. The topological polar surface area (TPSA) is 101 Å². The first kappa shape index (κ1) is 18.5. The van der Waals surface area contributed by atoms with Crippen molar-refractivity contribution in [2.45, 2.75) is 50.2 Å². The number of hydrogen-bond acceptors (Lipinski definition) is 5. The molecule has 2 heterocycles. The van der Waals surface area contributed by atoms with Crippen LogP contribution in [0, 0.1) is 23.6 Å². The smallest absolute Gasteiger partial charge is 0.252 e. The number of nitrogens with zero attached hydrogens (tertiary/aromatic N) is 2. The quantitative estimate of drug-likeness (QED) is 0.721. The van der Waals surface area contributed by atoms with Crippen molar-refractivity contribution in [1.29, 1.82) is 0 Å². The van der Waals surface area contributed by atoms with Crippen LogP contribution in [0.3, 0.4) is 0 Å². The Balaban J connectivity index is 1.41. The summed E-state index contributed by atoms with van der Waals surface area (Å²) in [6.07, 6.45) is 7.96. The molecule has 3 unspecified atom stereocenters. The molecule has 0 saturated heterocycles. The summed E-state index contributed by atoms with van der Waals surface area (Å²) in [4.78, 5) is 20.4. The molecule has 2 aromatic rings. The van der Waals surface area contributed by atoms with Gasteiger partial charge in [-0.3, -0.25) is 14.8 Å². The van der Waals surface area contributed by atoms with E-state index in [0.717, 1.165) is 37.8 Å². The van der Waals surface area contributed by atoms with Gasteiger partial charge in [-0.05, 0) is 68.1 Å². The second-order valence-electron chi connectivity index (χ2n) is 9.09. The maximum Gasteiger partial charge on any atom is 0.252 e. The fourth-order valence-electron chi connectivity index (χ4n) is 6.00. The van der Waals surface area contributed by atoms with Gasteiger partial charge >= 0.3 is 0 Å². The maximum absolute atomic E-state index is 13.1. The highest BCUT2D eigenvalue weighted by atomic mass is 19.1. The van der Waals surface area contributed by atoms with E-state index in [1.54, 1.807) is 6.07 Å². The molecule has 4 saturated carbocycles. The molecule has 5 atom stereocenters. The lowest BCUT2D eigenvalue weighted by molar-refractivity contribution is -0.129. The van der Waals surface area contributed by atoms with Crippen LogP contribution in [-0.4, -0.2) is 32.6 Å². The van der Waals surface area contributed by atoms with E-state index in [9.17, 15) is 14.3 Å². The lowest BCUT2D eigenvalue weighted by atomic mass is 9.52. The number of rotatable bonds is 5. The Bertz CT molecular complexity index is 932. The minimum Gasteiger partial charge on any atom is -0.390 e. The molecule has 0 aliphatic heterocycles. The predicted molar refractivity (Wildman–Crippen MR) is 106 cm³/mol. The zero-order chi connectivity index (χ0) is 20.2. The first-order valence-corrected chi connectivity index (χ1v) is 10.3. The van der Waals surface area contributed by atoms with Crippen molar-refractivity contribution in [3.05, 3.63) is 53.4 Å². The van der Waals surface area contributed by atoms with E-state index < -0.39 is 11.5 Å². The number of primary amides is 1. The van der Waals surface area contributed by atoms with Crippen molar-refractivity contribution in [3.8, 4) is 0 Å². The van der Waals surface area contributed by atoms with Gasteiger partial charge in [0.05, 0.1) is 23.0 Å². The van der Waals surface area contributed by atoms with E-state index in [1.807, 2.05) is 6.07 Å². The molecule has 7 heteroatoms. The Morgan fingerprint density at radius 2 is 1.90 bits per heavy atom.